The molecule has 0 aliphatic rings. The van der Waals surface area contributed by atoms with E-state index in [1.165, 1.54) is 23.9 Å². The van der Waals surface area contributed by atoms with Crippen molar-refractivity contribution in [2.24, 2.45) is 0 Å². The number of nitrogens with zero attached hydrogens (tertiary/aromatic N) is 2. The van der Waals surface area contributed by atoms with Gasteiger partial charge in [-0.2, -0.15) is 0 Å². The number of carbonyl (C=O) groups is 1. The van der Waals surface area contributed by atoms with Crippen LogP contribution in [0.4, 0.5) is 4.39 Å². The molecule has 2 aromatic heterocycles. The standard InChI is InChI=1S/C20H20FN3O/c1-14(2)16-6-3-15(4-7-16)5-10-20(25)22-11-18-13-24-12-17(21)8-9-19(24)23-18/h3-10,12-14H,11H2,1-2H3,(H,22,25)/b10-5+. The van der Waals surface area contributed by atoms with Crippen LogP contribution in [0, 0.1) is 5.82 Å². The van der Waals surface area contributed by atoms with E-state index in [1.54, 1.807) is 22.7 Å². The van der Waals surface area contributed by atoms with Crippen molar-refractivity contribution in [3.63, 3.8) is 0 Å². The van der Waals surface area contributed by atoms with E-state index in [2.05, 4.69) is 36.3 Å². The Morgan fingerprint density at radius 1 is 1.20 bits per heavy atom. The molecule has 1 N–H and O–H groups in total. The third-order valence-corrected chi connectivity index (χ3v) is 3.94. The topological polar surface area (TPSA) is 46.4 Å². The Kier molecular flexibility index (Phi) is 4.93. The van der Waals surface area contributed by atoms with E-state index in [0.717, 1.165) is 5.56 Å². The van der Waals surface area contributed by atoms with Gasteiger partial charge in [0.1, 0.15) is 11.5 Å². The van der Waals surface area contributed by atoms with Gasteiger partial charge in [-0.25, -0.2) is 9.37 Å². The van der Waals surface area contributed by atoms with Gasteiger partial charge in [-0.1, -0.05) is 38.1 Å². The highest BCUT2D eigenvalue weighted by Crippen LogP contribution is 2.15. The molecular weight excluding hydrogens is 317 g/mol. The van der Waals surface area contributed by atoms with Crippen LogP contribution in [-0.2, 0) is 11.3 Å². The summed E-state index contributed by atoms with van der Waals surface area (Å²) in [4.78, 5) is 16.3. The molecule has 0 saturated heterocycles. The molecule has 4 nitrogen and oxygen atoms in total. The van der Waals surface area contributed by atoms with Gasteiger partial charge in [0.15, 0.2) is 0 Å². The Morgan fingerprint density at radius 2 is 1.96 bits per heavy atom. The smallest absolute Gasteiger partial charge is 0.244 e. The number of fused-ring (bicyclic) bond motifs is 1. The summed E-state index contributed by atoms with van der Waals surface area (Å²) in [5, 5.41) is 2.78. The Balaban J connectivity index is 1.58. The normalized spacial score (nSPS) is 11.5. The lowest BCUT2D eigenvalue weighted by molar-refractivity contribution is -0.116. The molecule has 2 heterocycles. The fraction of sp³-hybridized carbons (Fsp3) is 0.200. The Bertz CT molecular complexity index is 910. The highest BCUT2D eigenvalue weighted by molar-refractivity contribution is 5.91. The molecule has 0 radical (unpaired) electrons. The summed E-state index contributed by atoms with van der Waals surface area (Å²) in [6.07, 6.45) is 6.33. The lowest BCUT2D eigenvalue weighted by Crippen LogP contribution is -2.20. The third-order valence-electron chi connectivity index (χ3n) is 3.94. The molecular formula is C20H20FN3O. The van der Waals surface area contributed by atoms with Gasteiger partial charge in [0.25, 0.3) is 0 Å². The molecule has 25 heavy (non-hydrogen) atoms. The molecule has 0 spiro atoms. The second kappa shape index (κ2) is 7.30. The van der Waals surface area contributed by atoms with Crippen molar-refractivity contribution in [1.82, 2.24) is 14.7 Å². The molecule has 5 heteroatoms. The van der Waals surface area contributed by atoms with Crippen molar-refractivity contribution in [3.05, 3.63) is 77.5 Å². The first kappa shape index (κ1) is 16.9. The average molecular weight is 337 g/mol. The summed E-state index contributed by atoms with van der Waals surface area (Å²) >= 11 is 0. The molecule has 3 rings (SSSR count). The molecule has 0 aliphatic carbocycles. The van der Waals surface area contributed by atoms with Gasteiger partial charge in [0.05, 0.1) is 12.2 Å². The van der Waals surface area contributed by atoms with Crippen LogP contribution >= 0.6 is 0 Å². The summed E-state index contributed by atoms with van der Waals surface area (Å²) in [6, 6.07) is 11.1. The minimum absolute atomic E-state index is 0.198. The third kappa shape index (κ3) is 4.32. The monoisotopic (exact) mass is 337 g/mol. The first-order valence-corrected chi connectivity index (χ1v) is 8.20. The molecule has 0 saturated carbocycles. The fourth-order valence-corrected chi connectivity index (χ4v) is 2.50. The summed E-state index contributed by atoms with van der Waals surface area (Å²) in [5.74, 6) is -0.0386. The van der Waals surface area contributed by atoms with Crippen LogP contribution in [0.1, 0.15) is 36.6 Å². The number of amides is 1. The quantitative estimate of drug-likeness (QED) is 0.717. The van der Waals surface area contributed by atoms with Crippen LogP contribution in [0.2, 0.25) is 0 Å². The first-order chi connectivity index (χ1) is 12.0. The average Bonchev–Trinajstić information content (AvgIpc) is 3.00. The maximum Gasteiger partial charge on any atom is 0.244 e. The Labute approximate surface area is 146 Å². The van der Waals surface area contributed by atoms with Crippen LogP contribution in [0.15, 0.2) is 54.9 Å². The van der Waals surface area contributed by atoms with E-state index < -0.39 is 0 Å². The van der Waals surface area contributed by atoms with Gasteiger partial charge in [0, 0.05) is 18.5 Å². The highest BCUT2D eigenvalue weighted by Gasteiger charge is 2.04. The zero-order valence-electron chi connectivity index (χ0n) is 14.2. The van der Waals surface area contributed by atoms with Crippen LogP contribution in [0.5, 0.6) is 0 Å². The molecule has 0 unspecified atom stereocenters. The van der Waals surface area contributed by atoms with Crippen molar-refractivity contribution in [1.29, 1.82) is 0 Å². The molecule has 0 bridgehead atoms. The predicted octanol–water partition coefficient (Wildman–Crippen LogP) is 3.93. The number of rotatable bonds is 5. The number of imidazole rings is 1. The zero-order chi connectivity index (χ0) is 17.8. The first-order valence-electron chi connectivity index (χ1n) is 8.20. The molecule has 1 aromatic carbocycles. The number of aromatic nitrogens is 2. The second-order valence-corrected chi connectivity index (χ2v) is 6.22. The summed E-state index contributed by atoms with van der Waals surface area (Å²) in [7, 11) is 0. The van der Waals surface area contributed by atoms with Crippen LogP contribution < -0.4 is 5.32 Å². The minimum Gasteiger partial charge on any atom is -0.347 e. The van der Waals surface area contributed by atoms with E-state index in [1.807, 2.05) is 12.1 Å². The Hall–Kier alpha value is -2.95. The van der Waals surface area contributed by atoms with E-state index in [9.17, 15) is 9.18 Å². The number of hydrogen-bond acceptors (Lipinski definition) is 2. The van der Waals surface area contributed by atoms with E-state index >= 15 is 0 Å². The van der Waals surface area contributed by atoms with Crippen molar-refractivity contribution in [3.8, 4) is 0 Å². The lowest BCUT2D eigenvalue weighted by Gasteiger charge is -2.04. The van der Waals surface area contributed by atoms with E-state index in [4.69, 9.17) is 0 Å². The molecule has 1 amide bonds. The number of hydrogen-bond donors (Lipinski definition) is 1. The number of pyridine rings is 1. The van der Waals surface area contributed by atoms with Gasteiger partial charge in [-0.3, -0.25) is 4.79 Å². The SMILES string of the molecule is CC(C)c1ccc(/C=C/C(=O)NCc2cn3cc(F)ccc3n2)cc1. The van der Waals surface area contributed by atoms with Crippen LogP contribution in [0.3, 0.4) is 0 Å². The summed E-state index contributed by atoms with van der Waals surface area (Å²) in [6.45, 7) is 4.58. The molecule has 0 atom stereocenters. The predicted molar refractivity (Wildman–Crippen MR) is 96.6 cm³/mol. The van der Waals surface area contributed by atoms with E-state index in [-0.39, 0.29) is 11.7 Å². The van der Waals surface area contributed by atoms with Gasteiger partial charge < -0.3 is 9.72 Å². The zero-order valence-corrected chi connectivity index (χ0v) is 14.2. The fourth-order valence-electron chi connectivity index (χ4n) is 2.50. The van der Waals surface area contributed by atoms with Crippen molar-refractivity contribution >= 4 is 17.6 Å². The van der Waals surface area contributed by atoms with Crippen LogP contribution in [-0.4, -0.2) is 15.3 Å². The van der Waals surface area contributed by atoms with Gasteiger partial charge in [-0.15, -0.1) is 0 Å². The van der Waals surface area contributed by atoms with Gasteiger partial charge in [-0.05, 0) is 35.3 Å². The highest BCUT2D eigenvalue weighted by atomic mass is 19.1. The number of benzene rings is 1. The second-order valence-electron chi connectivity index (χ2n) is 6.22. The minimum atomic E-state index is -0.327. The van der Waals surface area contributed by atoms with Crippen molar-refractivity contribution in [2.45, 2.75) is 26.3 Å². The maximum atomic E-state index is 13.2. The van der Waals surface area contributed by atoms with Crippen LogP contribution in [0.25, 0.3) is 11.7 Å². The van der Waals surface area contributed by atoms with Gasteiger partial charge in [0.2, 0.25) is 5.91 Å². The number of carbonyl (C=O) groups excluding carboxylic acids is 1. The maximum absolute atomic E-state index is 13.2. The molecule has 3 aromatic rings. The lowest BCUT2D eigenvalue weighted by atomic mass is 10.0. The largest absolute Gasteiger partial charge is 0.347 e. The molecule has 0 aliphatic heterocycles. The van der Waals surface area contributed by atoms with Crippen molar-refractivity contribution < 1.29 is 9.18 Å². The number of halogens is 1. The summed E-state index contributed by atoms with van der Waals surface area (Å²) < 4.78 is 14.8. The molecule has 0 fully saturated rings. The van der Waals surface area contributed by atoms with Gasteiger partial charge >= 0.3 is 0 Å². The van der Waals surface area contributed by atoms with E-state index in [0.29, 0.717) is 23.8 Å². The number of nitrogens with one attached hydrogen (secondary N) is 1. The Morgan fingerprint density at radius 3 is 2.68 bits per heavy atom. The summed E-state index contributed by atoms with van der Waals surface area (Å²) in [5.41, 5.74) is 3.56. The van der Waals surface area contributed by atoms with Crippen molar-refractivity contribution in [2.75, 3.05) is 0 Å². The molecule has 128 valence electrons.